The van der Waals surface area contributed by atoms with Gasteiger partial charge in [0.15, 0.2) is 11.6 Å². The van der Waals surface area contributed by atoms with Crippen LogP contribution in [0.1, 0.15) is 25.3 Å². The molecule has 0 aliphatic rings. The highest BCUT2D eigenvalue weighted by molar-refractivity contribution is 5.75. The van der Waals surface area contributed by atoms with Gasteiger partial charge in [0, 0.05) is 6.42 Å². The SMILES string of the molecule is CCCNC(CCOc1cccc(C)c1F)C(=O)OC. The van der Waals surface area contributed by atoms with E-state index < -0.39 is 6.04 Å². The van der Waals surface area contributed by atoms with E-state index in [0.717, 1.165) is 13.0 Å². The van der Waals surface area contributed by atoms with Crippen LogP contribution in [0.2, 0.25) is 0 Å². The summed E-state index contributed by atoms with van der Waals surface area (Å²) in [6.07, 6.45) is 1.35. The number of halogens is 1. The third-order valence-electron chi connectivity index (χ3n) is 2.95. The number of hydrogen-bond donors (Lipinski definition) is 1. The second-order valence-electron chi connectivity index (χ2n) is 4.55. The van der Waals surface area contributed by atoms with Gasteiger partial charge in [0.25, 0.3) is 0 Å². The van der Waals surface area contributed by atoms with E-state index in [4.69, 9.17) is 9.47 Å². The molecule has 5 heteroatoms. The van der Waals surface area contributed by atoms with Crippen molar-refractivity contribution in [1.82, 2.24) is 5.32 Å². The number of ether oxygens (including phenoxy) is 2. The lowest BCUT2D eigenvalue weighted by atomic mass is 10.2. The predicted molar refractivity (Wildman–Crippen MR) is 75.3 cm³/mol. The number of benzene rings is 1. The maximum atomic E-state index is 13.7. The van der Waals surface area contributed by atoms with Gasteiger partial charge in [-0.05, 0) is 31.5 Å². The maximum Gasteiger partial charge on any atom is 0.322 e. The average Bonchev–Trinajstić information content (AvgIpc) is 2.46. The second kappa shape index (κ2) is 8.53. The molecule has 0 saturated carbocycles. The Hall–Kier alpha value is -1.62. The van der Waals surface area contributed by atoms with Crippen molar-refractivity contribution < 1.29 is 18.7 Å². The molecule has 0 radical (unpaired) electrons. The molecule has 112 valence electrons. The summed E-state index contributed by atoms with van der Waals surface area (Å²) in [7, 11) is 1.35. The van der Waals surface area contributed by atoms with E-state index in [2.05, 4.69) is 5.32 Å². The van der Waals surface area contributed by atoms with E-state index >= 15 is 0 Å². The van der Waals surface area contributed by atoms with E-state index in [1.807, 2.05) is 6.92 Å². The van der Waals surface area contributed by atoms with Crippen LogP contribution in [-0.4, -0.2) is 32.3 Å². The zero-order valence-corrected chi connectivity index (χ0v) is 12.2. The van der Waals surface area contributed by atoms with Gasteiger partial charge in [0.05, 0.1) is 13.7 Å². The van der Waals surface area contributed by atoms with Gasteiger partial charge in [0.1, 0.15) is 6.04 Å². The first-order valence-electron chi connectivity index (χ1n) is 6.79. The molecule has 0 bridgehead atoms. The van der Waals surface area contributed by atoms with E-state index in [1.165, 1.54) is 7.11 Å². The van der Waals surface area contributed by atoms with Crippen molar-refractivity contribution in [2.24, 2.45) is 0 Å². The molecule has 0 amide bonds. The van der Waals surface area contributed by atoms with Crippen molar-refractivity contribution in [3.63, 3.8) is 0 Å². The zero-order valence-electron chi connectivity index (χ0n) is 12.2. The van der Waals surface area contributed by atoms with Gasteiger partial charge >= 0.3 is 5.97 Å². The highest BCUT2D eigenvalue weighted by atomic mass is 19.1. The van der Waals surface area contributed by atoms with Crippen molar-refractivity contribution in [2.75, 3.05) is 20.3 Å². The first-order valence-corrected chi connectivity index (χ1v) is 6.79. The Bertz CT molecular complexity index is 437. The normalized spacial score (nSPS) is 12.0. The number of carbonyl (C=O) groups excluding carboxylic acids is 1. The van der Waals surface area contributed by atoms with Gasteiger partial charge in [-0.2, -0.15) is 0 Å². The topological polar surface area (TPSA) is 47.6 Å². The largest absolute Gasteiger partial charge is 0.490 e. The van der Waals surface area contributed by atoms with Crippen molar-refractivity contribution >= 4 is 5.97 Å². The minimum Gasteiger partial charge on any atom is -0.490 e. The summed E-state index contributed by atoms with van der Waals surface area (Å²) in [5.74, 6) is -0.473. The molecule has 1 atom stereocenters. The number of hydrogen-bond acceptors (Lipinski definition) is 4. The highest BCUT2D eigenvalue weighted by Crippen LogP contribution is 2.19. The van der Waals surface area contributed by atoms with Gasteiger partial charge in [-0.1, -0.05) is 19.1 Å². The Kier molecular flexibility index (Phi) is 7.01. The highest BCUT2D eigenvalue weighted by Gasteiger charge is 2.18. The summed E-state index contributed by atoms with van der Waals surface area (Å²) in [5.41, 5.74) is 0.538. The molecular weight excluding hydrogens is 261 g/mol. The summed E-state index contributed by atoms with van der Waals surface area (Å²) in [4.78, 5) is 11.6. The van der Waals surface area contributed by atoms with E-state index in [0.29, 0.717) is 12.0 Å². The quantitative estimate of drug-likeness (QED) is 0.744. The van der Waals surface area contributed by atoms with Crippen LogP contribution >= 0.6 is 0 Å². The summed E-state index contributed by atoms with van der Waals surface area (Å²) < 4.78 is 23.8. The fourth-order valence-corrected chi connectivity index (χ4v) is 1.78. The number of carbonyl (C=O) groups is 1. The first-order chi connectivity index (χ1) is 9.60. The Labute approximate surface area is 119 Å². The standard InChI is InChI=1S/C15H22FNO3/c1-4-9-17-12(15(18)19-3)8-10-20-13-7-5-6-11(2)14(13)16/h5-7,12,17H,4,8-10H2,1-3H3. The maximum absolute atomic E-state index is 13.7. The lowest BCUT2D eigenvalue weighted by Gasteiger charge is -2.16. The molecule has 0 aliphatic carbocycles. The summed E-state index contributed by atoms with van der Waals surface area (Å²) in [6, 6.07) is 4.57. The summed E-state index contributed by atoms with van der Waals surface area (Å²) in [5, 5.41) is 3.08. The fourth-order valence-electron chi connectivity index (χ4n) is 1.78. The molecule has 1 rings (SSSR count). The van der Waals surface area contributed by atoms with Crippen LogP contribution in [0.3, 0.4) is 0 Å². The molecule has 20 heavy (non-hydrogen) atoms. The summed E-state index contributed by atoms with van der Waals surface area (Å²) in [6.45, 7) is 4.66. The molecule has 0 heterocycles. The van der Waals surface area contributed by atoms with Crippen LogP contribution in [0.15, 0.2) is 18.2 Å². The Morgan fingerprint density at radius 3 is 2.85 bits per heavy atom. The molecule has 0 aromatic heterocycles. The molecule has 0 fully saturated rings. The minimum absolute atomic E-state index is 0.212. The first kappa shape index (κ1) is 16.4. The van der Waals surface area contributed by atoms with Crippen LogP contribution in [0.25, 0.3) is 0 Å². The number of methoxy groups -OCH3 is 1. The molecule has 1 aromatic rings. The van der Waals surface area contributed by atoms with E-state index in [1.54, 1.807) is 25.1 Å². The van der Waals surface area contributed by atoms with Gasteiger partial charge in [0.2, 0.25) is 0 Å². The van der Waals surface area contributed by atoms with Crippen LogP contribution in [0, 0.1) is 12.7 Å². The molecule has 1 N–H and O–H groups in total. The van der Waals surface area contributed by atoms with Crippen LogP contribution in [-0.2, 0) is 9.53 Å². The van der Waals surface area contributed by atoms with Crippen LogP contribution in [0.4, 0.5) is 4.39 Å². The predicted octanol–water partition coefficient (Wildman–Crippen LogP) is 2.44. The lowest BCUT2D eigenvalue weighted by molar-refractivity contribution is -0.143. The number of rotatable bonds is 8. The van der Waals surface area contributed by atoms with Crippen molar-refractivity contribution in [3.05, 3.63) is 29.6 Å². The Morgan fingerprint density at radius 1 is 1.45 bits per heavy atom. The monoisotopic (exact) mass is 283 g/mol. The molecular formula is C15H22FNO3. The third kappa shape index (κ3) is 4.81. The lowest BCUT2D eigenvalue weighted by Crippen LogP contribution is -2.39. The summed E-state index contributed by atoms with van der Waals surface area (Å²) >= 11 is 0. The zero-order chi connectivity index (χ0) is 15.0. The van der Waals surface area contributed by atoms with E-state index in [9.17, 15) is 9.18 Å². The minimum atomic E-state index is -0.423. The molecule has 0 spiro atoms. The number of nitrogens with one attached hydrogen (secondary N) is 1. The average molecular weight is 283 g/mol. The molecule has 0 saturated heterocycles. The van der Waals surface area contributed by atoms with Gasteiger partial charge in [-0.25, -0.2) is 4.39 Å². The number of esters is 1. The van der Waals surface area contributed by atoms with Gasteiger partial charge in [-0.15, -0.1) is 0 Å². The van der Waals surface area contributed by atoms with Gasteiger partial charge in [-0.3, -0.25) is 4.79 Å². The number of aryl methyl sites for hydroxylation is 1. The van der Waals surface area contributed by atoms with Gasteiger partial charge < -0.3 is 14.8 Å². The molecule has 1 unspecified atom stereocenters. The molecule has 1 aromatic carbocycles. The molecule has 4 nitrogen and oxygen atoms in total. The molecule has 0 aliphatic heterocycles. The fraction of sp³-hybridized carbons (Fsp3) is 0.533. The Balaban J connectivity index is 2.51. The van der Waals surface area contributed by atoms with Crippen molar-refractivity contribution in [3.8, 4) is 5.75 Å². The van der Waals surface area contributed by atoms with E-state index in [-0.39, 0.29) is 24.1 Å². The smallest absolute Gasteiger partial charge is 0.322 e. The third-order valence-corrected chi connectivity index (χ3v) is 2.95. The van der Waals surface area contributed by atoms with Crippen LogP contribution in [0.5, 0.6) is 5.75 Å². The van der Waals surface area contributed by atoms with Crippen LogP contribution < -0.4 is 10.1 Å². The second-order valence-corrected chi connectivity index (χ2v) is 4.55. The van der Waals surface area contributed by atoms with Crippen molar-refractivity contribution in [1.29, 1.82) is 0 Å². The Morgan fingerprint density at radius 2 is 2.20 bits per heavy atom. The van der Waals surface area contributed by atoms with Crippen molar-refractivity contribution in [2.45, 2.75) is 32.7 Å².